The van der Waals surface area contributed by atoms with Gasteiger partial charge in [-0.2, -0.15) is 4.39 Å². The van der Waals surface area contributed by atoms with Crippen LogP contribution in [0.1, 0.15) is 25.3 Å². The average Bonchev–Trinajstić information content (AvgIpc) is 2.29. The molecule has 1 aromatic carbocycles. The zero-order chi connectivity index (χ0) is 12.3. The summed E-state index contributed by atoms with van der Waals surface area (Å²) in [5.74, 6) is 0.414. The summed E-state index contributed by atoms with van der Waals surface area (Å²) in [5, 5.41) is 3.02. The Kier molecular flexibility index (Phi) is 3.32. The van der Waals surface area contributed by atoms with Gasteiger partial charge < -0.3 is 5.32 Å². The fourth-order valence-electron chi connectivity index (χ4n) is 1.50. The topological polar surface area (TPSA) is 37.8 Å². The molecule has 3 nitrogen and oxygen atoms in total. The quantitative estimate of drug-likeness (QED) is 0.822. The van der Waals surface area contributed by atoms with Gasteiger partial charge in [0.1, 0.15) is 12.1 Å². The zero-order valence-corrected chi connectivity index (χ0v) is 9.81. The predicted molar refractivity (Wildman–Crippen MR) is 65.8 cm³/mol. The van der Waals surface area contributed by atoms with Crippen molar-refractivity contribution in [1.82, 2.24) is 9.97 Å². The van der Waals surface area contributed by atoms with Crippen LogP contribution in [0.5, 0.6) is 0 Å². The van der Waals surface area contributed by atoms with Crippen molar-refractivity contribution in [2.45, 2.75) is 19.8 Å². The van der Waals surface area contributed by atoms with Gasteiger partial charge in [0.2, 0.25) is 5.95 Å². The van der Waals surface area contributed by atoms with Gasteiger partial charge in [-0.1, -0.05) is 26.0 Å². The summed E-state index contributed by atoms with van der Waals surface area (Å²) in [4.78, 5) is 7.33. The molecule has 0 atom stereocenters. The number of rotatable bonds is 3. The minimum Gasteiger partial charge on any atom is -0.340 e. The van der Waals surface area contributed by atoms with Crippen molar-refractivity contribution in [3.63, 3.8) is 0 Å². The summed E-state index contributed by atoms with van der Waals surface area (Å²) in [6.45, 7) is 4.28. The first-order chi connectivity index (χ1) is 8.15. The van der Waals surface area contributed by atoms with Crippen LogP contribution in [0.25, 0.3) is 0 Å². The molecule has 0 radical (unpaired) electrons. The summed E-state index contributed by atoms with van der Waals surface area (Å²) >= 11 is 0. The van der Waals surface area contributed by atoms with E-state index in [1.54, 1.807) is 0 Å². The van der Waals surface area contributed by atoms with Gasteiger partial charge in [0, 0.05) is 11.8 Å². The number of benzene rings is 1. The number of nitrogens with zero attached hydrogens (tertiary/aromatic N) is 2. The lowest BCUT2D eigenvalue weighted by molar-refractivity contribution is 0.580. The molecule has 0 saturated carbocycles. The highest BCUT2D eigenvalue weighted by Gasteiger charge is 2.01. The molecule has 0 unspecified atom stereocenters. The van der Waals surface area contributed by atoms with Crippen molar-refractivity contribution < 1.29 is 4.39 Å². The molecule has 1 N–H and O–H groups in total. The number of halogens is 1. The lowest BCUT2D eigenvalue weighted by atomic mass is 10.0. The van der Waals surface area contributed by atoms with E-state index in [4.69, 9.17) is 0 Å². The van der Waals surface area contributed by atoms with Crippen LogP contribution in [-0.2, 0) is 0 Å². The first-order valence-corrected chi connectivity index (χ1v) is 5.49. The Balaban J connectivity index is 2.14. The molecule has 88 valence electrons. The summed E-state index contributed by atoms with van der Waals surface area (Å²) in [5.41, 5.74) is 2.15. The second-order valence-electron chi connectivity index (χ2n) is 4.13. The third kappa shape index (κ3) is 3.00. The maximum atomic E-state index is 12.8. The van der Waals surface area contributed by atoms with E-state index < -0.39 is 5.95 Å². The lowest BCUT2D eigenvalue weighted by Crippen LogP contribution is -1.96. The Morgan fingerprint density at radius 2 is 1.82 bits per heavy atom. The molecule has 1 heterocycles. The molecule has 2 aromatic rings. The smallest absolute Gasteiger partial charge is 0.218 e. The van der Waals surface area contributed by atoms with Gasteiger partial charge in [-0.15, -0.1) is 0 Å². The fraction of sp³-hybridized carbons (Fsp3) is 0.231. The van der Waals surface area contributed by atoms with Crippen LogP contribution in [-0.4, -0.2) is 9.97 Å². The summed E-state index contributed by atoms with van der Waals surface area (Å²) in [6, 6.07) is 9.26. The lowest BCUT2D eigenvalue weighted by Gasteiger charge is -2.08. The van der Waals surface area contributed by atoms with Crippen LogP contribution in [0.15, 0.2) is 36.7 Å². The van der Waals surface area contributed by atoms with Gasteiger partial charge in [-0.3, -0.25) is 0 Å². The van der Waals surface area contributed by atoms with E-state index in [0.29, 0.717) is 11.7 Å². The van der Waals surface area contributed by atoms with Crippen molar-refractivity contribution in [2.24, 2.45) is 0 Å². The molecule has 2 rings (SSSR count). The van der Waals surface area contributed by atoms with Crippen molar-refractivity contribution in [1.29, 1.82) is 0 Å². The minimum absolute atomic E-state index is 0.454. The predicted octanol–water partition coefficient (Wildman–Crippen LogP) is 3.48. The van der Waals surface area contributed by atoms with Crippen LogP contribution >= 0.6 is 0 Å². The van der Waals surface area contributed by atoms with Crippen LogP contribution in [0.3, 0.4) is 0 Å². The SMILES string of the molecule is CC(C)c1ccc(Nc2cc(F)ncn2)cc1. The molecular formula is C13H14FN3. The van der Waals surface area contributed by atoms with E-state index in [1.807, 2.05) is 24.3 Å². The van der Waals surface area contributed by atoms with Crippen molar-refractivity contribution in [3.8, 4) is 0 Å². The number of hydrogen-bond donors (Lipinski definition) is 1. The van der Waals surface area contributed by atoms with Crippen molar-refractivity contribution in [2.75, 3.05) is 5.32 Å². The number of anilines is 2. The minimum atomic E-state index is -0.540. The van der Waals surface area contributed by atoms with Crippen molar-refractivity contribution >= 4 is 11.5 Å². The van der Waals surface area contributed by atoms with Crippen molar-refractivity contribution in [3.05, 3.63) is 48.2 Å². The second-order valence-corrected chi connectivity index (χ2v) is 4.13. The van der Waals surface area contributed by atoms with E-state index in [9.17, 15) is 4.39 Å². The maximum absolute atomic E-state index is 12.8. The van der Waals surface area contributed by atoms with Gasteiger partial charge in [-0.05, 0) is 23.6 Å². The Bertz CT molecular complexity index is 494. The van der Waals surface area contributed by atoms with E-state index in [1.165, 1.54) is 18.0 Å². The number of aromatic nitrogens is 2. The molecule has 4 heteroatoms. The van der Waals surface area contributed by atoms with Crippen LogP contribution < -0.4 is 5.32 Å². The van der Waals surface area contributed by atoms with Gasteiger partial charge in [-0.25, -0.2) is 9.97 Å². The maximum Gasteiger partial charge on any atom is 0.218 e. The standard InChI is InChI=1S/C13H14FN3/c1-9(2)10-3-5-11(6-4-10)17-13-7-12(14)15-8-16-13/h3-9H,1-2H3,(H,15,16,17). The highest BCUT2D eigenvalue weighted by Crippen LogP contribution is 2.19. The second kappa shape index (κ2) is 4.91. The largest absolute Gasteiger partial charge is 0.340 e. The number of hydrogen-bond acceptors (Lipinski definition) is 3. The summed E-state index contributed by atoms with van der Waals surface area (Å²) in [6.07, 6.45) is 1.19. The Labute approximate surface area is 99.7 Å². The Hall–Kier alpha value is -1.97. The molecule has 1 aromatic heterocycles. The monoisotopic (exact) mass is 231 g/mol. The summed E-state index contributed by atoms with van der Waals surface area (Å²) in [7, 11) is 0. The third-order valence-electron chi connectivity index (χ3n) is 2.48. The van der Waals surface area contributed by atoms with E-state index in [2.05, 4.69) is 29.1 Å². The molecular weight excluding hydrogens is 217 g/mol. The zero-order valence-electron chi connectivity index (χ0n) is 9.81. The molecule has 0 bridgehead atoms. The Morgan fingerprint density at radius 1 is 1.12 bits per heavy atom. The molecule has 0 saturated heterocycles. The molecule has 0 aliphatic carbocycles. The Morgan fingerprint density at radius 3 is 2.41 bits per heavy atom. The highest BCUT2D eigenvalue weighted by molar-refractivity contribution is 5.56. The first kappa shape index (κ1) is 11.5. The van der Waals surface area contributed by atoms with Crippen LogP contribution in [0.2, 0.25) is 0 Å². The molecule has 0 aliphatic heterocycles. The van der Waals surface area contributed by atoms with Crippen LogP contribution in [0, 0.1) is 5.95 Å². The van der Waals surface area contributed by atoms with Gasteiger partial charge >= 0.3 is 0 Å². The normalized spacial score (nSPS) is 10.6. The molecule has 0 fully saturated rings. The van der Waals surface area contributed by atoms with Gasteiger partial charge in [0.25, 0.3) is 0 Å². The molecule has 0 amide bonds. The molecule has 0 aliphatic rings. The number of nitrogens with one attached hydrogen (secondary N) is 1. The molecule has 0 spiro atoms. The van der Waals surface area contributed by atoms with E-state index in [-0.39, 0.29) is 0 Å². The van der Waals surface area contributed by atoms with Gasteiger partial charge in [0.15, 0.2) is 0 Å². The summed E-state index contributed by atoms with van der Waals surface area (Å²) < 4.78 is 12.8. The van der Waals surface area contributed by atoms with Gasteiger partial charge in [0.05, 0.1) is 0 Å². The highest BCUT2D eigenvalue weighted by atomic mass is 19.1. The van der Waals surface area contributed by atoms with Crippen LogP contribution in [0.4, 0.5) is 15.9 Å². The first-order valence-electron chi connectivity index (χ1n) is 5.49. The van der Waals surface area contributed by atoms with E-state index in [0.717, 1.165) is 5.69 Å². The average molecular weight is 231 g/mol. The molecule has 17 heavy (non-hydrogen) atoms. The fourth-order valence-corrected chi connectivity index (χ4v) is 1.50. The third-order valence-corrected chi connectivity index (χ3v) is 2.48. The van der Waals surface area contributed by atoms with E-state index >= 15 is 0 Å².